The van der Waals surface area contributed by atoms with Crippen molar-refractivity contribution < 1.29 is 0 Å². The third-order valence-corrected chi connectivity index (χ3v) is 9.52. The Morgan fingerprint density at radius 2 is 1.55 bits per heavy atom. The zero-order valence-electron chi connectivity index (χ0n) is 17.9. The fourth-order valence-corrected chi connectivity index (χ4v) is 6.69. The molecule has 2 saturated carbocycles. The van der Waals surface area contributed by atoms with E-state index in [9.17, 15) is 0 Å². The number of aromatic nitrogens is 2. The van der Waals surface area contributed by atoms with Crippen molar-refractivity contribution >= 4 is 45.7 Å². The second-order valence-electron chi connectivity index (χ2n) is 8.04. The molecule has 0 saturated heterocycles. The number of nitriles is 1. The first-order chi connectivity index (χ1) is 15.0. The van der Waals surface area contributed by atoms with E-state index in [0.717, 1.165) is 24.5 Å². The van der Waals surface area contributed by atoms with Crippen LogP contribution in [0, 0.1) is 11.5 Å². The first-order valence-corrected chi connectivity index (χ1v) is 14.2. The van der Waals surface area contributed by atoms with Gasteiger partial charge in [-0.3, -0.25) is 0 Å². The molecular weight excluding hydrogens is 467 g/mol. The Bertz CT molecular complexity index is 913. The van der Waals surface area contributed by atoms with E-state index in [0.29, 0.717) is 27.4 Å². The van der Waals surface area contributed by atoms with Gasteiger partial charge in [-0.15, -0.1) is 0 Å². The lowest BCUT2D eigenvalue weighted by molar-refractivity contribution is 0.720. The van der Waals surface area contributed by atoms with Crippen molar-refractivity contribution in [2.45, 2.75) is 60.9 Å². The molecule has 2 aromatic rings. The minimum atomic E-state index is -0.127. The molecule has 8 heteroatoms. The molecule has 2 aliphatic carbocycles. The summed E-state index contributed by atoms with van der Waals surface area (Å²) in [5, 5.41) is 11.1. The third-order valence-electron chi connectivity index (χ3n) is 6.21. The quantitative estimate of drug-likeness (QED) is 0.338. The Kier molecular flexibility index (Phi) is 9.65. The highest BCUT2D eigenvalue weighted by Gasteiger charge is 2.27. The average Bonchev–Trinajstić information content (AvgIpc) is 3.46. The Balaban J connectivity index is 0.000000179. The van der Waals surface area contributed by atoms with Crippen LogP contribution >= 0.6 is 35.0 Å². The van der Waals surface area contributed by atoms with Gasteiger partial charge in [0.2, 0.25) is 6.19 Å². The second-order valence-corrected chi connectivity index (χ2v) is 11.9. The Morgan fingerprint density at radius 1 is 0.968 bits per heavy atom. The van der Waals surface area contributed by atoms with E-state index in [2.05, 4.69) is 39.0 Å². The molecule has 0 bridgehead atoms. The summed E-state index contributed by atoms with van der Waals surface area (Å²) >= 11 is 13.5. The average molecular weight is 496 g/mol. The SMILES string of the molecule is CS(=NC#N)C1CCC(c2ccc(Cl)nc2)C1.CSC1CCC(c2ccc(Cl)nc2)C1. The van der Waals surface area contributed by atoms with Gasteiger partial charge in [-0.2, -0.15) is 21.4 Å². The molecular formula is C23H28Cl2N4S2. The highest BCUT2D eigenvalue weighted by atomic mass is 35.5. The van der Waals surface area contributed by atoms with Gasteiger partial charge in [0, 0.05) is 22.9 Å². The molecule has 0 aliphatic heterocycles. The van der Waals surface area contributed by atoms with Crippen molar-refractivity contribution in [2.75, 3.05) is 12.5 Å². The summed E-state index contributed by atoms with van der Waals surface area (Å²) in [4.78, 5) is 8.26. The molecule has 0 N–H and O–H groups in total. The molecule has 0 radical (unpaired) electrons. The topological polar surface area (TPSA) is 61.9 Å². The van der Waals surface area contributed by atoms with E-state index >= 15 is 0 Å². The van der Waals surface area contributed by atoms with Gasteiger partial charge in [-0.25, -0.2) is 9.97 Å². The van der Waals surface area contributed by atoms with Gasteiger partial charge < -0.3 is 0 Å². The molecule has 0 amide bonds. The molecule has 0 aromatic carbocycles. The first-order valence-electron chi connectivity index (χ1n) is 10.5. The summed E-state index contributed by atoms with van der Waals surface area (Å²) in [7, 11) is -0.127. The van der Waals surface area contributed by atoms with Crippen LogP contribution in [0.2, 0.25) is 10.3 Å². The predicted octanol–water partition coefficient (Wildman–Crippen LogP) is 7.02. The minimum absolute atomic E-state index is 0.127. The van der Waals surface area contributed by atoms with Crippen molar-refractivity contribution in [1.82, 2.24) is 9.97 Å². The summed E-state index contributed by atoms with van der Waals surface area (Å²) in [5.41, 5.74) is 2.61. The molecule has 2 fully saturated rings. The van der Waals surface area contributed by atoms with Gasteiger partial charge in [0.15, 0.2) is 0 Å². The van der Waals surface area contributed by atoms with Gasteiger partial charge >= 0.3 is 0 Å². The van der Waals surface area contributed by atoms with E-state index < -0.39 is 0 Å². The van der Waals surface area contributed by atoms with Crippen LogP contribution in [0.15, 0.2) is 41.0 Å². The normalized spacial score (nSPS) is 26.2. The van der Waals surface area contributed by atoms with Gasteiger partial charge in [0.25, 0.3) is 0 Å². The Hall–Kier alpha value is -1.13. The van der Waals surface area contributed by atoms with Crippen molar-refractivity contribution in [3.8, 4) is 6.19 Å². The third kappa shape index (κ3) is 7.18. The molecule has 2 heterocycles. The van der Waals surface area contributed by atoms with Crippen LogP contribution in [0.5, 0.6) is 0 Å². The largest absolute Gasteiger partial charge is 0.244 e. The van der Waals surface area contributed by atoms with E-state index in [1.54, 1.807) is 0 Å². The highest BCUT2D eigenvalue weighted by Crippen LogP contribution is 2.39. The minimum Gasteiger partial charge on any atom is -0.244 e. The van der Waals surface area contributed by atoms with Crippen molar-refractivity contribution in [3.05, 3.63) is 58.1 Å². The highest BCUT2D eigenvalue weighted by molar-refractivity contribution is 7.99. The Morgan fingerprint density at radius 3 is 2.03 bits per heavy atom. The van der Waals surface area contributed by atoms with Gasteiger partial charge in [0.05, 0.1) is 0 Å². The molecule has 5 atom stereocenters. The van der Waals surface area contributed by atoms with Crippen LogP contribution in [0.25, 0.3) is 0 Å². The number of nitrogens with zero attached hydrogens (tertiary/aromatic N) is 4. The van der Waals surface area contributed by atoms with Gasteiger partial charge in [0.1, 0.15) is 10.3 Å². The lowest BCUT2D eigenvalue weighted by atomic mass is 10.00. The van der Waals surface area contributed by atoms with Crippen LogP contribution in [-0.4, -0.2) is 33.0 Å². The van der Waals surface area contributed by atoms with Crippen molar-refractivity contribution in [2.24, 2.45) is 4.36 Å². The van der Waals surface area contributed by atoms with Crippen LogP contribution in [0.4, 0.5) is 0 Å². The zero-order valence-corrected chi connectivity index (χ0v) is 21.0. The molecule has 4 rings (SSSR count). The number of thioether (sulfide) groups is 1. The molecule has 0 spiro atoms. The van der Waals surface area contributed by atoms with Crippen molar-refractivity contribution in [3.63, 3.8) is 0 Å². The molecule has 2 aliphatic rings. The monoisotopic (exact) mass is 494 g/mol. The van der Waals surface area contributed by atoms with Crippen LogP contribution in [-0.2, 0) is 10.7 Å². The number of hydrogen-bond donors (Lipinski definition) is 0. The number of pyridine rings is 2. The lowest BCUT2D eigenvalue weighted by Gasteiger charge is -2.11. The lowest BCUT2D eigenvalue weighted by Crippen LogP contribution is -2.08. The van der Waals surface area contributed by atoms with E-state index in [4.69, 9.17) is 28.5 Å². The number of rotatable bonds is 4. The first kappa shape index (κ1) is 24.5. The predicted molar refractivity (Wildman–Crippen MR) is 134 cm³/mol. The summed E-state index contributed by atoms with van der Waals surface area (Å²) < 4.78 is 3.95. The molecule has 2 aromatic heterocycles. The van der Waals surface area contributed by atoms with Crippen LogP contribution < -0.4 is 0 Å². The fourth-order valence-electron chi connectivity index (χ4n) is 4.41. The fraction of sp³-hybridized carbons (Fsp3) is 0.522. The maximum Gasteiger partial charge on any atom is 0.212 e. The van der Waals surface area contributed by atoms with E-state index in [1.807, 2.05) is 42.5 Å². The zero-order chi connectivity index (χ0) is 22.2. The summed E-state index contributed by atoms with van der Waals surface area (Å²) in [5.74, 6) is 1.26. The molecule has 166 valence electrons. The smallest absolute Gasteiger partial charge is 0.212 e. The standard InChI is InChI=1S/C12H14ClN3S.C11H14ClNS/c1-17(16-8-14)11-4-2-9(6-11)10-3-5-12(13)15-7-10;1-14-10-4-2-8(6-10)9-3-5-11(12)13-7-9/h3,5,7,9,11H,2,4,6H2,1H3;3,5,7-8,10H,2,4,6H2,1H3. The number of hydrogen-bond acceptors (Lipinski definition) is 5. The molecule has 4 nitrogen and oxygen atoms in total. The molecule has 5 unspecified atom stereocenters. The summed E-state index contributed by atoms with van der Waals surface area (Å²) in [6.45, 7) is 0. The maximum atomic E-state index is 8.58. The maximum absolute atomic E-state index is 8.58. The van der Waals surface area contributed by atoms with E-state index in [-0.39, 0.29) is 10.7 Å². The summed E-state index contributed by atoms with van der Waals surface area (Å²) in [6, 6.07) is 7.90. The van der Waals surface area contributed by atoms with Gasteiger partial charge in [-0.05, 0) is 86.1 Å². The Labute approximate surface area is 202 Å². The number of halogens is 2. The van der Waals surface area contributed by atoms with E-state index in [1.165, 1.54) is 30.4 Å². The van der Waals surface area contributed by atoms with Gasteiger partial charge in [-0.1, -0.05) is 46.0 Å². The van der Waals surface area contributed by atoms with Crippen LogP contribution in [0.3, 0.4) is 0 Å². The van der Waals surface area contributed by atoms with Crippen LogP contribution in [0.1, 0.15) is 61.5 Å². The molecule has 31 heavy (non-hydrogen) atoms. The second kappa shape index (κ2) is 12.2. The van der Waals surface area contributed by atoms with Crippen molar-refractivity contribution in [1.29, 1.82) is 5.26 Å². The summed E-state index contributed by atoms with van der Waals surface area (Å²) in [6.07, 6.45) is 17.3.